The topological polar surface area (TPSA) is 171 Å². The molecule has 0 saturated heterocycles. The first kappa shape index (κ1) is 25.5. The molecule has 0 spiro atoms. The Balaban J connectivity index is 2.23. The number of aromatic nitrogens is 1. The van der Waals surface area contributed by atoms with Gasteiger partial charge in [0.05, 0.1) is 17.0 Å². The highest BCUT2D eigenvalue weighted by Gasteiger charge is 2.37. The van der Waals surface area contributed by atoms with Crippen molar-refractivity contribution in [3.63, 3.8) is 0 Å². The Morgan fingerprint density at radius 1 is 1.18 bits per heavy atom. The molecule has 0 aliphatic heterocycles. The van der Waals surface area contributed by atoms with E-state index in [0.29, 0.717) is 11.8 Å². The molecule has 0 bridgehead atoms. The van der Waals surface area contributed by atoms with E-state index in [-0.39, 0.29) is 19.1 Å². The van der Waals surface area contributed by atoms with Crippen molar-refractivity contribution in [1.82, 2.24) is 9.88 Å². The van der Waals surface area contributed by atoms with E-state index in [1.807, 2.05) is 4.72 Å². The fraction of sp³-hybridized carbons (Fsp3) is 0.278. The monoisotopic (exact) mass is 490 g/mol. The Morgan fingerprint density at radius 2 is 1.85 bits per heavy atom. The maximum atomic E-state index is 13.2. The molecule has 6 N–H and O–H groups in total. The van der Waals surface area contributed by atoms with Crippen LogP contribution in [0.5, 0.6) is 0 Å². The van der Waals surface area contributed by atoms with Crippen LogP contribution < -0.4 is 27.1 Å². The summed E-state index contributed by atoms with van der Waals surface area (Å²) in [5.74, 6) is -0.920. The van der Waals surface area contributed by atoms with Gasteiger partial charge >= 0.3 is 6.18 Å². The van der Waals surface area contributed by atoms with Gasteiger partial charge in [0.1, 0.15) is 18.8 Å². The molecule has 33 heavy (non-hydrogen) atoms. The molecule has 11 nitrogen and oxygen atoms in total. The summed E-state index contributed by atoms with van der Waals surface area (Å²) >= 11 is 0. The van der Waals surface area contributed by atoms with Crippen molar-refractivity contribution >= 4 is 27.6 Å². The van der Waals surface area contributed by atoms with E-state index in [1.54, 1.807) is 0 Å². The summed E-state index contributed by atoms with van der Waals surface area (Å²) in [7, 11) is -4.77. The number of hydrogen-bond donors (Lipinski definition) is 4. The van der Waals surface area contributed by atoms with Crippen molar-refractivity contribution in [2.24, 2.45) is 16.6 Å². The number of nitrogens with zero attached hydrogens (tertiary/aromatic N) is 2. The highest BCUT2D eigenvalue weighted by Crippen LogP contribution is 2.34. The van der Waals surface area contributed by atoms with E-state index in [0.717, 1.165) is 28.8 Å². The fourth-order valence-corrected chi connectivity index (χ4v) is 3.92. The molecule has 1 amide bonds. The fourth-order valence-electron chi connectivity index (χ4n) is 2.64. The van der Waals surface area contributed by atoms with Gasteiger partial charge in [-0.3, -0.25) is 14.3 Å². The molecule has 1 aromatic carbocycles. The summed E-state index contributed by atoms with van der Waals surface area (Å²) in [5, 5.41) is 5.69. The van der Waals surface area contributed by atoms with Gasteiger partial charge in [-0.25, -0.2) is 8.42 Å². The van der Waals surface area contributed by atoms with Crippen molar-refractivity contribution in [3.05, 3.63) is 58.0 Å². The number of guanidine groups is 1. The van der Waals surface area contributed by atoms with Gasteiger partial charge in [0, 0.05) is 5.69 Å². The largest absolute Gasteiger partial charge is 0.417 e. The standard InChI is InChI=1S/C18H21F3N6O5S/c1-11-6-7-13(16(29)27(11)10-15(28)24-8-9-32-25-17(22)23)26-33(30,31)14-5-3-2-4-12(14)18(19,20)21/h2-7,26H,8-10H2,1H3,(H,24,28)(H4,22,23,25). The average Bonchev–Trinajstić information content (AvgIpc) is 2.72. The normalized spacial score (nSPS) is 11.5. The number of rotatable bonds is 9. The predicted octanol–water partition coefficient (Wildman–Crippen LogP) is 0.298. The van der Waals surface area contributed by atoms with Crippen LogP contribution in [0.15, 0.2) is 51.2 Å². The molecule has 2 aromatic rings. The first-order valence-electron chi connectivity index (χ1n) is 9.20. The molecule has 0 atom stereocenters. The van der Waals surface area contributed by atoms with Gasteiger partial charge in [0.2, 0.25) is 11.9 Å². The first-order chi connectivity index (χ1) is 15.3. The van der Waals surface area contributed by atoms with Crippen molar-refractivity contribution in [2.45, 2.75) is 24.5 Å². The van der Waals surface area contributed by atoms with E-state index < -0.39 is 50.4 Å². The minimum atomic E-state index is -4.93. The lowest BCUT2D eigenvalue weighted by Gasteiger charge is -2.16. The summed E-state index contributed by atoms with van der Waals surface area (Å²) < 4.78 is 67.7. The molecule has 0 aliphatic carbocycles. The lowest BCUT2D eigenvalue weighted by molar-refractivity contribution is -0.139. The summed E-state index contributed by atoms with van der Waals surface area (Å²) in [6.07, 6.45) is -4.93. The molecule has 2 rings (SSSR count). The molecule has 1 heterocycles. The first-order valence-corrected chi connectivity index (χ1v) is 10.7. The number of carbonyl (C=O) groups is 1. The van der Waals surface area contributed by atoms with E-state index in [2.05, 4.69) is 10.5 Å². The van der Waals surface area contributed by atoms with Crippen molar-refractivity contribution in [3.8, 4) is 0 Å². The maximum absolute atomic E-state index is 13.2. The SMILES string of the molecule is Cc1ccc(NS(=O)(=O)c2ccccc2C(F)(F)F)c(=O)n1CC(=O)NCCON=C(N)N. The molecule has 0 aliphatic rings. The molecule has 1 aromatic heterocycles. The second-order valence-corrected chi connectivity index (χ2v) is 8.23. The number of amides is 1. The van der Waals surface area contributed by atoms with Crippen LogP contribution in [-0.4, -0.2) is 38.0 Å². The summed E-state index contributed by atoms with van der Waals surface area (Å²) in [4.78, 5) is 28.5. The molecule has 0 unspecified atom stereocenters. The van der Waals surface area contributed by atoms with Gasteiger partial charge in [0.15, 0.2) is 0 Å². The quantitative estimate of drug-likeness (QED) is 0.169. The second-order valence-electron chi connectivity index (χ2n) is 6.58. The number of pyridine rings is 1. The van der Waals surface area contributed by atoms with Gasteiger partial charge < -0.3 is 26.2 Å². The van der Waals surface area contributed by atoms with Crippen LogP contribution in [0.1, 0.15) is 11.3 Å². The third-order valence-electron chi connectivity index (χ3n) is 4.11. The minimum absolute atomic E-state index is 0.00393. The Bertz CT molecular complexity index is 1210. The van der Waals surface area contributed by atoms with E-state index in [4.69, 9.17) is 16.3 Å². The molecule has 0 saturated carbocycles. The van der Waals surface area contributed by atoms with Crippen LogP contribution in [0.2, 0.25) is 0 Å². The summed E-state index contributed by atoms with van der Waals surface area (Å²) in [6.45, 7) is 0.954. The van der Waals surface area contributed by atoms with Crippen molar-refractivity contribution in [2.75, 3.05) is 17.9 Å². The summed E-state index contributed by atoms with van der Waals surface area (Å²) in [5.41, 5.74) is 7.62. The van der Waals surface area contributed by atoms with Crippen LogP contribution >= 0.6 is 0 Å². The lowest BCUT2D eigenvalue weighted by atomic mass is 10.2. The van der Waals surface area contributed by atoms with Crippen LogP contribution in [0.4, 0.5) is 18.9 Å². The predicted molar refractivity (Wildman–Crippen MR) is 112 cm³/mol. The molecular formula is C18H21F3N6O5S. The van der Waals surface area contributed by atoms with Gasteiger partial charge in [-0.15, -0.1) is 0 Å². The molecule has 180 valence electrons. The van der Waals surface area contributed by atoms with E-state index in [9.17, 15) is 31.2 Å². The third kappa shape index (κ3) is 6.86. The van der Waals surface area contributed by atoms with Gasteiger partial charge in [-0.05, 0) is 36.3 Å². The number of sulfonamides is 1. The number of carbonyl (C=O) groups excluding carboxylic acids is 1. The second kappa shape index (κ2) is 10.2. The van der Waals surface area contributed by atoms with Crippen LogP contribution in [0.3, 0.4) is 0 Å². The Morgan fingerprint density at radius 3 is 2.48 bits per heavy atom. The zero-order chi connectivity index (χ0) is 24.8. The third-order valence-corrected chi connectivity index (χ3v) is 5.53. The number of alkyl halides is 3. The highest BCUT2D eigenvalue weighted by molar-refractivity contribution is 7.92. The average molecular weight is 490 g/mol. The highest BCUT2D eigenvalue weighted by atomic mass is 32.2. The smallest absolute Gasteiger partial charge is 0.391 e. The Kier molecular flexibility index (Phi) is 7.92. The minimum Gasteiger partial charge on any atom is -0.391 e. The number of aryl methyl sites for hydroxylation is 1. The molecule has 0 radical (unpaired) electrons. The zero-order valence-electron chi connectivity index (χ0n) is 17.2. The molecule has 15 heteroatoms. The van der Waals surface area contributed by atoms with Gasteiger partial charge in [-0.1, -0.05) is 12.1 Å². The lowest BCUT2D eigenvalue weighted by Crippen LogP contribution is -2.36. The number of oxime groups is 1. The number of anilines is 1. The molecule has 0 fully saturated rings. The van der Waals surface area contributed by atoms with Crippen molar-refractivity contribution in [1.29, 1.82) is 0 Å². The van der Waals surface area contributed by atoms with Gasteiger partial charge in [0.25, 0.3) is 15.6 Å². The van der Waals surface area contributed by atoms with E-state index >= 15 is 0 Å². The number of halogens is 3. The number of nitrogens with one attached hydrogen (secondary N) is 2. The molecular weight excluding hydrogens is 469 g/mol. The Hall–Kier alpha value is -3.75. The van der Waals surface area contributed by atoms with Crippen molar-refractivity contribution < 1.29 is 31.2 Å². The van der Waals surface area contributed by atoms with Crippen LogP contribution in [0.25, 0.3) is 0 Å². The van der Waals surface area contributed by atoms with Crippen LogP contribution in [-0.2, 0) is 32.4 Å². The zero-order valence-corrected chi connectivity index (χ0v) is 18.0. The van der Waals surface area contributed by atoms with E-state index in [1.165, 1.54) is 13.0 Å². The van der Waals surface area contributed by atoms with Gasteiger partial charge in [-0.2, -0.15) is 13.2 Å². The Labute approximate surface area is 186 Å². The van der Waals surface area contributed by atoms with Crippen LogP contribution in [0, 0.1) is 6.92 Å². The number of hydrogen-bond acceptors (Lipinski definition) is 6. The number of benzene rings is 1. The maximum Gasteiger partial charge on any atom is 0.417 e. The number of nitrogens with two attached hydrogens (primary N) is 2. The summed E-state index contributed by atoms with van der Waals surface area (Å²) in [6, 6.07) is 5.99.